The van der Waals surface area contributed by atoms with Crippen molar-refractivity contribution in [2.24, 2.45) is 0 Å². The highest BCUT2D eigenvalue weighted by Crippen LogP contribution is 2.34. The van der Waals surface area contributed by atoms with Gasteiger partial charge < -0.3 is 14.5 Å². The SMILES string of the molecule is CCCN(CCC)S(=O)(=O)c1ccc(C(=O)N2CCN(c3nc4c(OCC)cccc4s3)CC2)cc1. The van der Waals surface area contributed by atoms with Crippen LogP contribution in [-0.2, 0) is 10.0 Å². The minimum atomic E-state index is -3.56. The van der Waals surface area contributed by atoms with Crippen molar-refractivity contribution in [3.05, 3.63) is 48.0 Å². The average molecular weight is 531 g/mol. The number of benzene rings is 2. The van der Waals surface area contributed by atoms with E-state index in [9.17, 15) is 13.2 Å². The molecule has 2 aromatic carbocycles. The van der Waals surface area contributed by atoms with E-state index < -0.39 is 10.0 Å². The van der Waals surface area contributed by atoms with E-state index in [1.807, 2.05) is 43.9 Å². The first kappa shape index (κ1) is 26.4. The van der Waals surface area contributed by atoms with E-state index in [2.05, 4.69) is 4.90 Å². The highest BCUT2D eigenvalue weighted by Gasteiger charge is 2.26. The molecule has 0 spiro atoms. The number of thiazole rings is 1. The number of carbonyl (C=O) groups is 1. The molecule has 1 aromatic heterocycles. The van der Waals surface area contributed by atoms with Crippen LogP contribution < -0.4 is 9.64 Å². The van der Waals surface area contributed by atoms with Crippen LogP contribution in [0.25, 0.3) is 10.2 Å². The second-order valence-electron chi connectivity index (χ2n) is 8.74. The number of aromatic nitrogens is 1. The lowest BCUT2D eigenvalue weighted by Gasteiger charge is -2.34. The van der Waals surface area contributed by atoms with Gasteiger partial charge in [-0.15, -0.1) is 0 Å². The Bertz CT molecular complexity index is 1280. The fourth-order valence-corrected chi connectivity index (χ4v) is 7.03. The molecule has 0 saturated carbocycles. The molecule has 0 unspecified atom stereocenters. The molecule has 1 aliphatic heterocycles. The third kappa shape index (κ3) is 5.50. The Morgan fingerprint density at radius 2 is 1.67 bits per heavy atom. The fraction of sp³-hybridized carbons (Fsp3) is 0.462. The first-order chi connectivity index (χ1) is 17.4. The number of fused-ring (bicyclic) bond motifs is 1. The summed E-state index contributed by atoms with van der Waals surface area (Å²) in [6.07, 6.45) is 1.51. The Hall–Kier alpha value is -2.69. The molecule has 1 fully saturated rings. The highest BCUT2D eigenvalue weighted by molar-refractivity contribution is 7.89. The van der Waals surface area contributed by atoms with Crippen LogP contribution in [0.4, 0.5) is 5.13 Å². The molecule has 0 bridgehead atoms. The summed E-state index contributed by atoms with van der Waals surface area (Å²) in [5, 5.41) is 0.933. The number of nitrogens with zero attached hydrogens (tertiary/aromatic N) is 4. The van der Waals surface area contributed by atoms with Crippen molar-refractivity contribution in [1.29, 1.82) is 0 Å². The van der Waals surface area contributed by atoms with Gasteiger partial charge in [0.2, 0.25) is 10.0 Å². The number of sulfonamides is 1. The van der Waals surface area contributed by atoms with E-state index in [4.69, 9.17) is 9.72 Å². The summed E-state index contributed by atoms with van der Waals surface area (Å²) in [5.41, 5.74) is 1.38. The van der Waals surface area contributed by atoms with Gasteiger partial charge in [-0.2, -0.15) is 4.31 Å². The Labute approximate surface area is 217 Å². The topological polar surface area (TPSA) is 83.1 Å². The van der Waals surface area contributed by atoms with Gasteiger partial charge in [0.05, 0.1) is 16.2 Å². The van der Waals surface area contributed by atoms with Crippen LogP contribution in [0.15, 0.2) is 47.4 Å². The van der Waals surface area contributed by atoms with E-state index in [0.717, 1.165) is 33.9 Å². The van der Waals surface area contributed by atoms with Gasteiger partial charge in [0.25, 0.3) is 5.91 Å². The standard InChI is InChI=1S/C26H34N4O4S2/c1-4-14-30(15-5-2)36(32,33)21-12-10-20(11-13-21)25(31)28-16-18-29(19-17-28)26-27-24-22(34-6-3)8-7-9-23(24)35-26/h7-13H,4-6,14-19H2,1-3H3. The lowest BCUT2D eigenvalue weighted by Crippen LogP contribution is -2.48. The Morgan fingerprint density at radius 3 is 2.28 bits per heavy atom. The smallest absolute Gasteiger partial charge is 0.253 e. The number of rotatable bonds is 10. The number of para-hydroxylation sites is 1. The number of piperazine rings is 1. The Kier molecular flexibility index (Phi) is 8.48. The van der Waals surface area contributed by atoms with Crippen molar-refractivity contribution in [3.63, 3.8) is 0 Å². The van der Waals surface area contributed by atoms with Crippen LogP contribution in [0.3, 0.4) is 0 Å². The van der Waals surface area contributed by atoms with Crippen LogP contribution in [0.1, 0.15) is 44.0 Å². The third-order valence-electron chi connectivity index (χ3n) is 6.19. The molecular formula is C26H34N4O4S2. The molecule has 0 N–H and O–H groups in total. The molecule has 2 heterocycles. The molecule has 194 valence electrons. The van der Waals surface area contributed by atoms with Crippen molar-refractivity contribution in [2.45, 2.75) is 38.5 Å². The molecule has 1 saturated heterocycles. The van der Waals surface area contributed by atoms with Crippen molar-refractivity contribution in [2.75, 3.05) is 50.8 Å². The summed E-state index contributed by atoms with van der Waals surface area (Å²) >= 11 is 1.63. The van der Waals surface area contributed by atoms with Gasteiger partial charge in [0.1, 0.15) is 11.3 Å². The first-order valence-corrected chi connectivity index (χ1v) is 14.8. The van der Waals surface area contributed by atoms with Gasteiger partial charge in [0.15, 0.2) is 5.13 Å². The van der Waals surface area contributed by atoms with E-state index in [1.54, 1.807) is 35.6 Å². The molecule has 3 aromatic rings. The average Bonchev–Trinajstić information content (AvgIpc) is 3.34. The lowest BCUT2D eigenvalue weighted by atomic mass is 10.2. The van der Waals surface area contributed by atoms with Gasteiger partial charge in [-0.25, -0.2) is 13.4 Å². The maximum absolute atomic E-state index is 13.1. The fourth-order valence-electron chi connectivity index (χ4n) is 4.37. The van der Waals surface area contributed by atoms with Crippen molar-refractivity contribution in [3.8, 4) is 5.75 Å². The monoisotopic (exact) mass is 530 g/mol. The summed E-state index contributed by atoms with van der Waals surface area (Å²) in [6, 6.07) is 12.3. The van der Waals surface area contributed by atoms with Crippen LogP contribution in [0, 0.1) is 0 Å². The summed E-state index contributed by atoms with van der Waals surface area (Å²) in [6.45, 7) is 9.99. The second kappa shape index (κ2) is 11.6. The molecule has 4 rings (SSSR count). The largest absolute Gasteiger partial charge is 0.492 e. The maximum Gasteiger partial charge on any atom is 0.253 e. The molecule has 0 aliphatic carbocycles. The predicted octanol–water partition coefficient (Wildman–Crippen LogP) is 4.47. The molecule has 0 radical (unpaired) electrons. The number of hydrogen-bond acceptors (Lipinski definition) is 7. The molecule has 10 heteroatoms. The van der Waals surface area contributed by atoms with Gasteiger partial charge in [0, 0.05) is 44.8 Å². The number of ether oxygens (including phenoxy) is 1. The Morgan fingerprint density at radius 1 is 1.00 bits per heavy atom. The minimum absolute atomic E-state index is 0.0829. The minimum Gasteiger partial charge on any atom is -0.492 e. The molecular weight excluding hydrogens is 496 g/mol. The number of hydrogen-bond donors (Lipinski definition) is 0. The van der Waals surface area contributed by atoms with Crippen molar-refractivity contribution >= 4 is 42.6 Å². The Balaban J connectivity index is 1.41. The zero-order valence-corrected chi connectivity index (χ0v) is 22.8. The summed E-state index contributed by atoms with van der Waals surface area (Å²) in [5.74, 6) is 0.713. The number of carbonyl (C=O) groups excluding carboxylic acids is 1. The molecule has 36 heavy (non-hydrogen) atoms. The summed E-state index contributed by atoms with van der Waals surface area (Å²) < 4.78 is 34.3. The third-order valence-corrected chi connectivity index (χ3v) is 9.19. The van der Waals surface area contributed by atoms with Crippen molar-refractivity contribution < 1.29 is 17.9 Å². The zero-order valence-electron chi connectivity index (χ0n) is 21.1. The van der Waals surface area contributed by atoms with E-state index >= 15 is 0 Å². The zero-order chi connectivity index (χ0) is 25.7. The van der Waals surface area contributed by atoms with Gasteiger partial charge in [-0.3, -0.25) is 4.79 Å². The highest BCUT2D eigenvalue weighted by atomic mass is 32.2. The maximum atomic E-state index is 13.1. The van der Waals surface area contributed by atoms with E-state index in [-0.39, 0.29) is 10.8 Å². The van der Waals surface area contributed by atoms with Crippen LogP contribution in [-0.4, -0.2) is 74.4 Å². The first-order valence-electron chi connectivity index (χ1n) is 12.6. The van der Waals surface area contributed by atoms with Gasteiger partial charge >= 0.3 is 0 Å². The van der Waals surface area contributed by atoms with E-state index in [1.165, 1.54) is 4.31 Å². The summed E-state index contributed by atoms with van der Waals surface area (Å²) in [7, 11) is -3.56. The molecule has 0 atom stereocenters. The number of amides is 1. The van der Waals surface area contributed by atoms with Crippen LogP contribution >= 0.6 is 11.3 Å². The number of anilines is 1. The quantitative estimate of drug-likeness (QED) is 0.385. The molecule has 8 nitrogen and oxygen atoms in total. The van der Waals surface area contributed by atoms with Gasteiger partial charge in [-0.05, 0) is 56.2 Å². The van der Waals surface area contributed by atoms with Crippen molar-refractivity contribution in [1.82, 2.24) is 14.2 Å². The lowest BCUT2D eigenvalue weighted by molar-refractivity contribution is 0.0746. The molecule has 1 amide bonds. The van der Waals surface area contributed by atoms with Gasteiger partial charge in [-0.1, -0.05) is 31.3 Å². The second-order valence-corrected chi connectivity index (χ2v) is 11.7. The van der Waals surface area contributed by atoms with Crippen LogP contribution in [0.5, 0.6) is 5.75 Å². The summed E-state index contributed by atoms with van der Waals surface area (Å²) in [4.78, 5) is 22.2. The molecule has 1 aliphatic rings. The predicted molar refractivity (Wildman–Crippen MR) is 145 cm³/mol. The van der Waals surface area contributed by atoms with Crippen LogP contribution in [0.2, 0.25) is 0 Å². The van der Waals surface area contributed by atoms with E-state index in [0.29, 0.717) is 51.4 Å². The normalized spacial score (nSPS) is 14.6.